The van der Waals surface area contributed by atoms with Crippen molar-refractivity contribution >= 4 is 12.4 Å². The number of halogens is 1. The first-order chi connectivity index (χ1) is 9.16. The Morgan fingerprint density at radius 3 is 2.55 bits per heavy atom. The van der Waals surface area contributed by atoms with E-state index in [-0.39, 0.29) is 12.4 Å². The van der Waals surface area contributed by atoms with E-state index in [4.69, 9.17) is 4.74 Å². The summed E-state index contributed by atoms with van der Waals surface area (Å²) < 4.78 is 5.78. The summed E-state index contributed by atoms with van der Waals surface area (Å²) in [4.78, 5) is 2.25. The lowest BCUT2D eigenvalue weighted by Crippen LogP contribution is -2.37. The van der Waals surface area contributed by atoms with Gasteiger partial charge in [-0.05, 0) is 31.4 Å². The minimum atomic E-state index is -0.439. The Hall–Kier alpha value is -1.03. The van der Waals surface area contributed by atoms with Crippen molar-refractivity contribution in [1.29, 1.82) is 0 Å². The quantitative estimate of drug-likeness (QED) is 0.848. The van der Waals surface area contributed by atoms with Crippen LogP contribution in [0, 0.1) is 13.8 Å². The summed E-state index contributed by atoms with van der Waals surface area (Å²) in [6.45, 7) is 7.05. The first-order valence-corrected chi connectivity index (χ1v) is 6.91. The minimum Gasteiger partial charge on any atom is -0.490 e. The highest BCUT2D eigenvalue weighted by Gasteiger charge is 2.13. The summed E-state index contributed by atoms with van der Waals surface area (Å²) in [5.74, 6) is 0.903. The van der Waals surface area contributed by atoms with Gasteiger partial charge in [-0.1, -0.05) is 30.4 Å². The molecule has 0 bridgehead atoms. The molecular formula is C16H24ClNO2. The SMILES string of the molecule is Cc1cccc(C)c1OCC(O)CN1CC=CCC1.Cl. The van der Waals surface area contributed by atoms with Gasteiger partial charge in [-0.3, -0.25) is 4.90 Å². The minimum absolute atomic E-state index is 0. The first kappa shape index (κ1) is 17.0. The number of ether oxygens (including phenoxy) is 1. The third-order valence-electron chi connectivity index (χ3n) is 3.44. The second-order valence-corrected chi connectivity index (χ2v) is 5.21. The molecule has 1 aliphatic rings. The lowest BCUT2D eigenvalue weighted by atomic mass is 10.1. The maximum atomic E-state index is 10.1. The van der Waals surface area contributed by atoms with E-state index in [2.05, 4.69) is 17.1 Å². The van der Waals surface area contributed by atoms with Crippen molar-refractivity contribution < 1.29 is 9.84 Å². The molecule has 4 heteroatoms. The van der Waals surface area contributed by atoms with E-state index in [1.54, 1.807) is 0 Å². The van der Waals surface area contributed by atoms with Gasteiger partial charge in [0.1, 0.15) is 18.5 Å². The fourth-order valence-electron chi connectivity index (χ4n) is 2.41. The number of benzene rings is 1. The molecule has 0 spiro atoms. The first-order valence-electron chi connectivity index (χ1n) is 6.91. The number of aryl methyl sites for hydroxylation is 2. The van der Waals surface area contributed by atoms with Gasteiger partial charge in [0.05, 0.1) is 0 Å². The fraction of sp³-hybridized carbons (Fsp3) is 0.500. The van der Waals surface area contributed by atoms with Crippen LogP contribution in [-0.4, -0.2) is 42.4 Å². The number of nitrogens with zero attached hydrogens (tertiary/aromatic N) is 1. The van der Waals surface area contributed by atoms with Crippen LogP contribution in [0.4, 0.5) is 0 Å². The number of aliphatic hydroxyl groups excluding tert-OH is 1. The molecule has 2 rings (SSSR count). The molecule has 0 amide bonds. The molecular weight excluding hydrogens is 274 g/mol. The van der Waals surface area contributed by atoms with Gasteiger partial charge >= 0.3 is 0 Å². The number of aliphatic hydroxyl groups is 1. The highest BCUT2D eigenvalue weighted by Crippen LogP contribution is 2.22. The van der Waals surface area contributed by atoms with Gasteiger partial charge in [-0.25, -0.2) is 0 Å². The monoisotopic (exact) mass is 297 g/mol. The summed E-state index contributed by atoms with van der Waals surface area (Å²) in [7, 11) is 0. The van der Waals surface area contributed by atoms with E-state index in [0.29, 0.717) is 13.2 Å². The molecule has 1 atom stereocenters. The molecule has 20 heavy (non-hydrogen) atoms. The van der Waals surface area contributed by atoms with Crippen molar-refractivity contribution in [3.63, 3.8) is 0 Å². The van der Waals surface area contributed by atoms with Gasteiger partial charge in [0, 0.05) is 19.6 Å². The van der Waals surface area contributed by atoms with Gasteiger partial charge in [-0.15, -0.1) is 12.4 Å². The average molecular weight is 298 g/mol. The predicted octanol–water partition coefficient (Wildman–Crippen LogP) is 2.73. The molecule has 1 aromatic rings. The van der Waals surface area contributed by atoms with Crippen molar-refractivity contribution in [2.24, 2.45) is 0 Å². The Bertz CT molecular complexity index is 428. The van der Waals surface area contributed by atoms with Gasteiger partial charge in [0.2, 0.25) is 0 Å². The molecule has 1 heterocycles. The Balaban J connectivity index is 0.00000200. The van der Waals surface area contributed by atoms with Crippen molar-refractivity contribution in [1.82, 2.24) is 4.90 Å². The standard InChI is InChI=1S/C16H23NO2.ClH/c1-13-7-6-8-14(2)16(13)19-12-15(18)11-17-9-4-3-5-10-17;/h3-4,6-8,15,18H,5,9-12H2,1-2H3;1H. The molecule has 0 radical (unpaired) electrons. The van der Waals surface area contributed by atoms with Gasteiger partial charge < -0.3 is 9.84 Å². The van der Waals surface area contributed by atoms with Crippen LogP contribution in [0.1, 0.15) is 17.5 Å². The van der Waals surface area contributed by atoms with Crippen molar-refractivity contribution in [2.75, 3.05) is 26.2 Å². The molecule has 112 valence electrons. The second-order valence-electron chi connectivity index (χ2n) is 5.21. The highest BCUT2D eigenvalue weighted by molar-refractivity contribution is 5.85. The lowest BCUT2D eigenvalue weighted by molar-refractivity contribution is 0.0708. The Labute approximate surface area is 127 Å². The van der Waals surface area contributed by atoms with Crippen molar-refractivity contribution in [2.45, 2.75) is 26.4 Å². The Kier molecular flexibility index (Phi) is 7.06. The summed E-state index contributed by atoms with van der Waals surface area (Å²) in [6, 6.07) is 6.09. The molecule has 1 aliphatic heterocycles. The topological polar surface area (TPSA) is 32.7 Å². The Morgan fingerprint density at radius 1 is 1.25 bits per heavy atom. The van der Waals surface area contributed by atoms with Crippen molar-refractivity contribution in [3.05, 3.63) is 41.5 Å². The molecule has 3 nitrogen and oxygen atoms in total. The van der Waals surface area contributed by atoms with Crippen LogP contribution in [0.5, 0.6) is 5.75 Å². The normalized spacial score (nSPS) is 16.6. The summed E-state index contributed by atoms with van der Waals surface area (Å²) in [5, 5.41) is 10.1. The molecule has 0 aromatic heterocycles. The number of para-hydroxylation sites is 1. The molecule has 0 saturated heterocycles. The van der Waals surface area contributed by atoms with Crippen LogP contribution in [0.25, 0.3) is 0 Å². The predicted molar refractivity (Wildman–Crippen MR) is 84.9 cm³/mol. The second kappa shape index (κ2) is 8.30. The molecule has 0 fully saturated rings. The van der Waals surface area contributed by atoms with Gasteiger partial charge in [0.15, 0.2) is 0 Å². The van der Waals surface area contributed by atoms with Crippen LogP contribution in [0.3, 0.4) is 0 Å². The Morgan fingerprint density at radius 2 is 1.95 bits per heavy atom. The zero-order valence-electron chi connectivity index (χ0n) is 12.2. The number of hydrogen-bond acceptors (Lipinski definition) is 3. The number of rotatable bonds is 5. The molecule has 1 unspecified atom stereocenters. The molecule has 1 aromatic carbocycles. The summed E-state index contributed by atoms with van der Waals surface area (Å²) in [5.41, 5.74) is 2.24. The van der Waals surface area contributed by atoms with Crippen LogP contribution >= 0.6 is 12.4 Å². The van der Waals surface area contributed by atoms with E-state index in [0.717, 1.165) is 36.4 Å². The van der Waals surface area contributed by atoms with E-state index < -0.39 is 6.10 Å². The summed E-state index contributed by atoms with van der Waals surface area (Å²) >= 11 is 0. The summed E-state index contributed by atoms with van der Waals surface area (Å²) in [6.07, 6.45) is 4.98. The number of hydrogen-bond donors (Lipinski definition) is 1. The zero-order chi connectivity index (χ0) is 13.7. The lowest BCUT2D eigenvalue weighted by Gasteiger charge is -2.25. The average Bonchev–Trinajstić information content (AvgIpc) is 2.39. The van der Waals surface area contributed by atoms with Crippen LogP contribution < -0.4 is 4.74 Å². The fourth-order valence-corrected chi connectivity index (χ4v) is 2.41. The third kappa shape index (κ3) is 4.82. The molecule has 0 saturated carbocycles. The highest BCUT2D eigenvalue weighted by atomic mass is 35.5. The van der Waals surface area contributed by atoms with E-state index >= 15 is 0 Å². The molecule has 0 aliphatic carbocycles. The van der Waals surface area contributed by atoms with Crippen LogP contribution in [0.2, 0.25) is 0 Å². The van der Waals surface area contributed by atoms with Crippen molar-refractivity contribution in [3.8, 4) is 5.75 Å². The van der Waals surface area contributed by atoms with E-state index in [9.17, 15) is 5.11 Å². The van der Waals surface area contributed by atoms with Gasteiger partial charge in [-0.2, -0.15) is 0 Å². The van der Waals surface area contributed by atoms with E-state index in [1.807, 2.05) is 32.0 Å². The van der Waals surface area contributed by atoms with Crippen LogP contribution in [-0.2, 0) is 0 Å². The van der Waals surface area contributed by atoms with E-state index in [1.165, 1.54) is 0 Å². The largest absolute Gasteiger partial charge is 0.490 e. The maximum Gasteiger partial charge on any atom is 0.125 e. The maximum absolute atomic E-state index is 10.1. The zero-order valence-corrected chi connectivity index (χ0v) is 13.0. The number of β-amino-alcohol motifs (C(OH)–C–C–N with tert-alkyl or cyclic N) is 1. The third-order valence-corrected chi connectivity index (χ3v) is 3.44. The smallest absolute Gasteiger partial charge is 0.125 e. The molecule has 1 N–H and O–H groups in total. The van der Waals surface area contributed by atoms with Crippen LogP contribution in [0.15, 0.2) is 30.4 Å². The van der Waals surface area contributed by atoms with Gasteiger partial charge in [0.25, 0.3) is 0 Å².